The molecule has 0 saturated heterocycles. The predicted molar refractivity (Wildman–Crippen MR) is 137 cm³/mol. The fourth-order valence-corrected chi connectivity index (χ4v) is 4.18. The summed E-state index contributed by atoms with van der Waals surface area (Å²) in [5.41, 5.74) is 2.75. The molecular weight excluding hydrogens is 456 g/mol. The summed E-state index contributed by atoms with van der Waals surface area (Å²) in [5, 5.41) is 12.3. The number of nitrogens with one attached hydrogen (secondary N) is 1. The fourth-order valence-electron chi connectivity index (χ4n) is 4.18. The van der Waals surface area contributed by atoms with E-state index in [1.54, 1.807) is 56.5 Å². The van der Waals surface area contributed by atoms with Gasteiger partial charge >= 0.3 is 5.97 Å². The number of rotatable bonds is 8. The van der Waals surface area contributed by atoms with E-state index >= 15 is 0 Å². The van der Waals surface area contributed by atoms with Gasteiger partial charge in [-0.3, -0.25) is 9.69 Å². The molecule has 2 aliphatic rings. The number of carbonyl (C=O) groups excluding carboxylic acids is 2. The number of carbonyl (C=O) groups is 2. The highest BCUT2D eigenvalue weighted by Gasteiger charge is 2.35. The second-order valence-corrected chi connectivity index (χ2v) is 8.45. The Morgan fingerprint density at radius 2 is 2.06 bits per heavy atom. The molecule has 0 spiro atoms. The maximum Gasteiger partial charge on any atom is 0.329 e. The first-order valence-corrected chi connectivity index (χ1v) is 11.8. The third-order valence-electron chi connectivity index (χ3n) is 6.18. The molecule has 1 aliphatic carbocycles. The average Bonchev–Trinajstić information content (AvgIpc) is 3.23. The molecule has 0 bridgehead atoms. The molecule has 9 nitrogen and oxygen atoms in total. The number of ether oxygens (including phenoxy) is 1. The van der Waals surface area contributed by atoms with Gasteiger partial charge in [0.25, 0.3) is 5.91 Å². The highest BCUT2D eigenvalue weighted by Crippen LogP contribution is 2.30. The van der Waals surface area contributed by atoms with E-state index in [-0.39, 0.29) is 18.6 Å². The zero-order valence-corrected chi connectivity index (χ0v) is 20.5. The van der Waals surface area contributed by atoms with Crippen LogP contribution in [0.25, 0.3) is 0 Å². The van der Waals surface area contributed by atoms with Crippen molar-refractivity contribution in [2.24, 2.45) is 4.99 Å². The maximum atomic E-state index is 13.6. The lowest BCUT2D eigenvalue weighted by atomic mass is 9.98. The maximum absolute atomic E-state index is 13.6. The Balaban J connectivity index is 1.53. The van der Waals surface area contributed by atoms with Crippen molar-refractivity contribution in [3.63, 3.8) is 0 Å². The molecule has 1 aliphatic heterocycles. The van der Waals surface area contributed by atoms with Crippen LogP contribution in [-0.4, -0.2) is 59.9 Å². The van der Waals surface area contributed by atoms with Gasteiger partial charge in [-0.2, -0.15) is 5.26 Å². The van der Waals surface area contributed by atoms with Crippen molar-refractivity contribution in [3.8, 4) is 6.07 Å². The van der Waals surface area contributed by atoms with Crippen LogP contribution in [0, 0.1) is 11.3 Å². The van der Waals surface area contributed by atoms with Gasteiger partial charge in [0.2, 0.25) is 0 Å². The lowest BCUT2D eigenvalue weighted by Crippen LogP contribution is -2.45. The summed E-state index contributed by atoms with van der Waals surface area (Å²) in [6.45, 7) is 4.09. The van der Waals surface area contributed by atoms with Gasteiger partial charge in [0.15, 0.2) is 0 Å². The van der Waals surface area contributed by atoms with E-state index in [1.165, 1.54) is 4.90 Å². The van der Waals surface area contributed by atoms with Crippen LogP contribution in [0.15, 0.2) is 77.1 Å². The van der Waals surface area contributed by atoms with Gasteiger partial charge < -0.3 is 15.0 Å². The lowest BCUT2D eigenvalue weighted by molar-refractivity contribution is -0.145. The standard InChI is InChI=1S/C27H28N6O3/c1-4-36-27(35)18(2)33(24-7-5-6-14-29-24)26(34)20-10-13-23-22(15-20)31-25(32(23)3)17-30-21-11-8-19(16-28)9-12-21/h5-12,14-15,18,23,30H,4,13,17H2,1-3H3/t18-,23?/m0/s1. The molecule has 4 rings (SSSR count). The minimum atomic E-state index is -0.841. The van der Waals surface area contributed by atoms with Crippen molar-refractivity contribution in [2.45, 2.75) is 32.4 Å². The van der Waals surface area contributed by atoms with E-state index in [2.05, 4.69) is 21.3 Å². The SMILES string of the molecule is CCOC(=O)[C@H](C)N(C(=O)C1=CCC2C(=C1)N=C(CNc1ccc(C#N)cc1)N2C)c1ccccn1. The highest BCUT2D eigenvalue weighted by molar-refractivity contribution is 6.10. The third-order valence-corrected chi connectivity index (χ3v) is 6.18. The second-order valence-electron chi connectivity index (χ2n) is 8.45. The number of likely N-dealkylation sites (N-methyl/N-ethyl adjacent to an activating group) is 1. The quantitative estimate of drug-likeness (QED) is 0.573. The summed E-state index contributed by atoms with van der Waals surface area (Å²) in [5.74, 6) is 0.401. The number of benzene rings is 1. The van der Waals surface area contributed by atoms with Gasteiger partial charge in [-0.15, -0.1) is 0 Å². The van der Waals surface area contributed by atoms with Crippen molar-refractivity contribution >= 4 is 29.2 Å². The van der Waals surface area contributed by atoms with Crippen LogP contribution in [0.2, 0.25) is 0 Å². The first-order valence-electron chi connectivity index (χ1n) is 11.8. The second kappa shape index (κ2) is 10.9. The first kappa shape index (κ1) is 24.7. The molecule has 36 heavy (non-hydrogen) atoms. The van der Waals surface area contributed by atoms with Crippen LogP contribution in [0.1, 0.15) is 25.8 Å². The molecule has 1 unspecified atom stereocenters. The lowest BCUT2D eigenvalue weighted by Gasteiger charge is -2.29. The zero-order chi connectivity index (χ0) is 25.7. The van der Waals surface area contributed by atoms with E-state index in [9.17, 15) is 9.59 Å². The molecule has 0 saturated carbocycles. The molecule has 0 radical (unpaired) electrons. The Morgan fingerprint density at radius 3 is 2.72 bits per heavy atom. The van der Waals surface area contributed by atoms with E-state index in [0.29, 0.717) is 29.9 Å². The minimum absolute atomic E-state index is 0.0325. The van der Waals surface area contributed by atoms with Gasteiger partial charge in [0.05, 0.1) is 36.5 Å². The number of pyridine rings is 1. The Hall–Kier alpha value is -4.45. The normalized spacial score (nSPS) is 17.1. The molecule has 1 aromatic carbocycles. The van der Waals surface area contributed by atoms with Crippen molar-refractivity contribution in [1.29, 1.82) is 5.26 Å². The molecular formula is C27H28N6O3. The third kappa shape index (κ3) is 5.13. The topological polar surface area (TPSA) is 111 Å². The monoisotopic (exact) mass is 484 g/mol. The van der Waals surface area contributed by atoms with Gasteiger partial charge in [-0.1, -0.05) is 12.1 Å². The van der Waals surface area contributed by atoms with Gasteiger partial charge in [-0.05, 0) is 62.7 Å². The molecule has 184 valence electrons. The zero-order valence-electron chi connectivity index (χ0n) is 20.5. The number of hydrogen-bond acceptors (Lipinski definition) is 8. The van der Waals surface area contributed by atoms with Gasteiger partial charge in [0.1, 0.15) is 17.7 Å². The number of anilines is 2. The number of fused-ring (bicyclic) bond motifs is 1. The summed E-state index contributed by atoms with van der Waals surface area (Å²) in [6.07, 6.45) is 5.86. The first-order chi connectivity index (χ1) is 17.4. The van der Waals surface area contributed by atoms with Gasteiger partial charge in [-0.25, -0.2) is 14.8 Å². The Morgan fingerprint density at radius 1 is 1.28 bits per heavy atom. The van der Waals surface area contributed by atoms with Crippen LogP contribution in [0.4, 0.5) is 11.5 Å². The number of aliphatic imine (C=N–C) groups is 1. The highest BCUT2D eigenvalue weighted by atomic mass is 16.5. The number of esters is 1. The number of nitrogens with zero attached hydrogens (tertiary/aromatic N) is 5. The molecule has 2 atom stereocenters. The van der Waals surface area contributed by atoms with Crippen molar-refractivity contribution in [2.75, 3.05) is 30.4 Å². The number of amidine groups is 1. The van der Waals surface area contributed by atoms with Crippen LogP contribution in [0.3, 0.4) is 0 Å². The van der Waals surface area contributed by atoms with Crippen LogP contribution < -0.4 is 10.2 Å². The summed E-state index contributed by atoms with van der Waals surface area (Å²) >= 11 is 0. The number of nitriles is 1. The number of aromatic nitrogens is 1. The van der Waals surface area contributed by atoms with E-state index in [0.717, 1.165) is 17.2 Å². The van der Waals surface area contributed by atoms with Crippen LogP contribution >= 0.6 is 0 Å². The summed E-state index contributed by atoms with van der Waals surface area (Å²) in [4.78, 5) is 38.7. The molecule has 9 heteroatoms. The molecule has 1 aromatic heterocycles. The Kier molecular flexibility index (Phi) is 7.44. The summed E-state index contributed by atoms with van der Waals surface area (Å²) < 4.78 is 5.17. The molecule has 2 aromatic rings. The summed E-state index contributed by atoms with van der Waals surface area (Å²) in [6, 6.07) is 13.8. The van der Waals surface area contributed by atoms with Gasteiger partial charge in [0, 0.05) is 24.5 Å². The molecule has 1 N–H and O–H groups in total. The van der Waals surface area contributed by atoms with Crippen LogP contribution in [0.5, 0.6) is 0 Å². The molecule has 0 fully saturated rings. The molecule has 1 amide bonds. The molecule has 2 heterocycles. The van der Waals surface area contributed by atoms with Crippen molar-refractivity contribution in [3.05, 3.63) is 77.6 Å². The van der Waals surface area contributed by atoms with E-state index in [4.69, 9.17) is 15.0 Å². The average molecular weight is 485 g/mol. The number of amides is 1. The smallest absolute Gasteiger partial charge is 0.329 e. The largest absolute Gasteiger partial charge is 0.464 e. The minimum Gasteiger partial charge on any atom is -0.464 e. The fraction of sp³-hybridized carbons (Fsp3) is 0.296. The van der Waals surface area contributed by atoms with Crippen molar-refractivity contribution in [1.82, 2.24) is 9.88 Å². The Bertz CT molecular complexity index is 1260. The van der Waals surface area contributed by atoms with E-state index < -0.39 is 12.0 Å². The van der Waals surface area contributed by atoms with E-state index in [1.807, 2.05) is 25.3 Å². The number of hydrogen-bond donors (Lipinski definition) is 1. The van der Waals surface area contributed by atoms with Crippen LogP contribution in [-0.2, 0) is 14.3 Å². The summed E-state index contributed by atoms with van der Waals surface area (Å²) in [7, 11) is 1.98. The predicted octanol–water partition coefficient (Wildman–Crippen LogP) is 3.28. The Labute approximate surface area is 210 Å². The van der Waals surface area contributed by atoms with Crippen molar-refractivity contribution < 1.29 is 14.3 Å².